The summed E-state index contributed by atoms with van der Waals surface area (Å²) in [6.45, 7) is 0. The average molecular weight is 377 g/mol. The molecule has 7 heteroatoms. The Balaban J connectivity index is 2.01. The molecule has 0 amide bonds. The van der Waals surface area contributed by atoms with Gasteiger partial charge in [0.25, 0.3) is 0 Å². The van der Waals surface area contributed by atoms with Gasteiger partial charge in [-0.15, -0.1) is 0 Å². The average Bonchev–Trinajstić information content (AvgIpc) is 2.88. The Morgan fingerprint density at radius 2 is 1.91 bits per heavy atom. The van der Waals surface area contributed by atoms with Crippen LogP contribution in [0.3, 0.4) is 0 Å². The number of nitrogens with zero attached hydrogens (tertiary/aromatic N) is 3. The number of H-pyrrole nitrogens is 1. The van der Waals surface area contributed by atoms with E-state index in [1.165, 1.54) is 16.8 Å². The number of nitrogens with one attached hydrogen (secondary N) is 1. The molecule has 0 aliphatic heterocycles. The van der Waals surface area contributed by atoms with Gasteiger partial charge < -0.3 is 0 Å². The third-order valence-corrected chi connectivity index (χ3v) is 3.96. The number of hydrogen-bond acceptors (Lipinski definition) is 3. The van der Waals surface area contributed by atoms with E-state index in [1.807, 2.05) is 24.3 Å². The quantitative estimate of drug-likeness (QED) is 0.544. The maximum atomic E-state index is 13.0. The van der Waals surface area contributed by atoms with Crippen LogP contribution in [0.25, 0.3) is 11.4 Å². The smallest absolute Gasteiger partial charge is 0.216 e. The summed E-state index contributed by atoms with van der Waals surface area (Å²) in [7, 11) is 0. The normalized spacial score (nSPS) is 11.2. The van der Waals surface area contributed by atoms with Crippen molar-refractivity contribution in [1.82, 2.24) is 14.9 Å². The SMILES string of the molecule is Fc1ccc(-c2n[nH]c(=S)n2/N=C\c2ccccc2Br)cc1. The van der Waals surface area contributed by atoms with Crippen LogP contribution in [-0.2, 0) is 0 Å². The lowest BCUT2D eigenvalue weighted by molar-refractivity contribution is 0.628. The Morgan fingerprint density at radius 1 is 1.18 bits per heavy atom. The molecule has 22 heavy (non-hydrogen) atoms. The first kappa shape index (κ1) is 14.8. The van der Waals surface area contributed by atoms with Gasteiger partial charge in [0.15, 0.2) is 5.82 Å². The first-order chi connectivity index (χ1) is 10.6. The number of hydrogen-bond donors (Lipinski definition) is 1. The molecule has 0 bridgehead atoms. The van der Waals surface area contributed by atoms with Gasteiger partial charge in [-0.1, -0.05) is 34.1 Å². The molecule has 1 N–H and O–H groups in total. The van der Waals surface area contributed by atoms with Crippen LogP contribution >= 0.6 is 28.1 Å². The van der Waals surface area contributed by atoms with E-state index >= 15 is 0 Å². The monoisotopic (exact) mass is 376 g/mol. The second kappa shape index (κ2) is 6.33. The lowest BCUT2D eigenvalue weighted by atomic mass is 10.2. The predicted octanol–water partition coefficient (Wildman–Crippen LogP) is 4.39. The maximum absolute atomic E-state index is 13.0. The van der Waals surface area contributed by atoms with Crippen molar-refractivity contribution in [2.24, 2.45) is 5.10 Å². The van der Waals surface area contributed by atoms with Crippen molar-refractivity contribution in [3.63, 3.8) is 0 Å². The van der Waals surface area contributed by atoms with E-state index in [0.29, 0.717) is 10.6 Å². The first-order valence-electron chi connectivity index (χ1n) is 6.37. The van der Waals surface area contributed by atoms with Gasteiger partial charge in [0, 0.05) is 15.6 Å². The topological polar surface area (TPSA) is 46.0 Å². The van der Waals surface area contributed by atoms with Crippen LogP contribution in [0.2, 0.25) is 0 Å². The summed E-state index contributed by atoms with van der Waals surface area (Å²) in [5.74, 6) is 0.217. The molecule has 2 aromatic carbocycles. The molecule has 0 unspecified atom stereocenters. The van der Waals surface area contributed by atoms with Gasteiger partial charge in [0.2, 0.25) is 4.77 Å². The minimum Gasteiger partial charge on any atom is -0.250 e. The molecule has 0 spiro atoms. The fourth-order valence-corrected chi connectivity index (χ4v) is 2.45. The van der Waals surface area contributed by atoms with Gasteiger partial charge in [0.05, 0.1) is 6.21 Å². The summed E-state index contributed by atoms with van der Waals surface area (Å²) in [5.41, 5.74) is 1.63. The van der Waals surface area contributed by atoms with Crippen molar-refractivity contribution in [2.45, 2.75) is 0 Å². The molecule has 0 saturated carbocycles. The third kappa shape index (κ3) is 3.05. The molecular weight excluding hydrogens is 367 g/mol. The van der Waals surface area contributed by atoms with Crippen molar-refractivity contribution in [2.75, 3.05) is 0 Å². The minimum absolute atomic E-state index is 0.304. The van der Waals surface area contributed by atoms with Crippen LogP contribution in [0.4, 0.5) is 4.39 Å². The Kier molecular flexibility index (Phi) is 4.26. The third-order valence-electron chi connectivity index (χ3n) is 2.97. The highest BCUT2D eigenvalue weighted by Crippen LogP contribution is 2.18. The van der Waals surface area contributed by atoms with E-state index in [9.17, 15) is 4.39 Å². The summed E-state index contributed by atoms with van der Waals surface area (Å²) in [6, 6.07) is 13.7. The van der Waals surface area contributed by atoms with Crippen LogP contribution in [0.15, 0.2) is 58.1 Å². The van der Waals surface area contributed by atoms with Crippen molar-refractivity contribution in [3.8, 4) is 11.4 Å². The highest BCUT2D eigenvalue weighted by Gasteiger charge is 2.08. The standard InChI is InChI=1S/C15H10BrFN4S/c16-13-4-2-1-3-11(13)9-18-21-14(19-20-15(21)22)10-5-7-12(17)8-6-10/h1-9H,(H,20,22)/b18-9-. The van der Waals surface area contributed by atoms with Crippen LogP contribution in [0.5, 0.6) is 0 Å². The molecule has 3 aromatic rings. The van der Waals surface area contributed by atoms with E-state index < -0.39 is 0 Å². The van der Waals surface area contributed by atoms with Crippen molar-refractivity contribution in [1.29, 1.82) is 0 Å². The zero-order valence-corrected chi connectivity index (χ0v) is 13.6. The fraction of sp³-hybridized carbons (Fsp3) is 0. The fourth-order valence-electron chi connectivity index (χ4n) is 1.88. The maximum Gasteiger partial charge on any atom is 0.216 e. The molecule has 1 aromatic heterocycles. The van der Waals surface area contributed by atoms with Gasteiger partial charge in [-0.2, -0.15) is 14.9 Å². The van der Waals surface area contributed by atoms with E-state index in [0.717, 1.165) is 15.6 Å². The van der Waals surface area contributed by atoms with Gasteiger partial charge in [-0.3, -0.25) is 0 Å². The predicted molar refractivity (Wildman–Crippen MR) is 89.9 cm³/mol. The molecular formula is C15H10BrFN4S. The van der Waals surface area contributed by atoms with Crippen molar-refractivity contribution < 1.29 is 4.39 Å². The first-order valence-corrected chi connectivity index (χ1v) is 7.57. The van der Waals surface area contributed by atoms with Gasteiger partial charge in [0.1, 0.15) is 5.82 Å². The summed E-state index contributed by atoms with van der Waals surface area (Å²) in [6.07, 6.45) is 1.68. The van der Waals surface area contributed by atoms with Gasteiger partial charge in [-0.25, -0.2) is 9.49 Å². The molecule has 0 radical (unpaired) electrons. The Morgan fingerprint density at radius 3 is 2.64 bits per heavy atom. The largest absolute Gasteiger partial charge is 0.250 e. The van der Waals surface area contributed by atoms with Gasteiger partial charge in [-0.05, 0) is 42.5 Å². The molecule has 3 rings (SSSR count). The molecule has 0 saturated heterocycles. The van der Waals surface area contributed by atoms with E-state index in [2.05, 4.69) is 31.2 Å². The lowest BCUT2D eigenvalue weighted by Gasteiger charge is -2.01. The molecule has 0 fully saturated rings. The number of rotatable bonds is 3. The number of benzene rings is 2. The van der Waals surface area contributed by atoms with E-state index in [1.54, 1.807) is 18.3 Å². The van der Waals surface area contributed by atoms with E-state index in [-0.39, 0.29) is 5.82 Å². The summed E-state index contributed by atoms with van der Waals surface area (Å²) >= 11 is 8.65. The summed E-state index contributed by atoms with van der Waals surface area (Å²) in [4.78, 5) is 0. The van der Waals surface area contributed by atoms with E-state index in [4.69, 9.17) is 12.2 Å². The highest BCUT2D eigenvalue weighted by molar-refractivity contribution is 9.10. The number of halogens is 2. The lowest BCUT2D eigenvalue weighted by Crippen LogP contribution is -1.95. The molecule has 1 heterocycles. The molecule has 4 nitrogen and oxygen atoms in total. The Hall–Kier alpha value is -2.12. The van der Waals surface area contributed by atoms with Crippen LogP contribution in [0, 0.1) is 10.6 Å². The van der Waals surface area contributed by atoms with Crippen molar-refractivity contribution >= 4 is 34.4 Å². The number of aromatic nitrogens is 3. The van der Waals surface area contributed by atoms with Gasteiger partial charge >= 0.3 is 0 Å². The van der Waals surface area contributed by atoms with Crippen molar-refractivity contribution in [3.05, 3.63) is 69.2 Å². The van der Waals surface area contributed by atoms with Crippen LogP contribution in [0.1, 0.15) is 5.56 Å². The second-order valence-corrected chi connectivity index (χ2v) is 5.68. The molecule has 0 aliphatic rings. The van der Waals surface area contributed by atoms with Crippen LogP contribution < -0.4 is 0 Å². The van der Waals surface area contributed by atoms with Crippen LogP contribution in [-0.4, -0.2) is 21.1 Å². The Bertz CT molecular complexity index is 883. The molecule has 110 valence electrons. The highest BCUT2D eigenvalue weighted by atomic mass is 79.9. The summed E-state index contributed by atoms with van der Waals surface area (Å²) < 4.78 is 15.8. The molecule has 0 aliphatic carbocycles. The zero-order chi connectivity index (χ0) is 15.5. The zero-order valence-electron chi connectivity index (χ0n) is 11.2. The number of aromatic amines is 1. The minimum atomic E-state index is -0.304. The second-order valence-electron chi connectivity index (χ2n) is 4.44. The Labute approximate surface area is 139 Å². The summed E-state index contributed by atoms with van der Waals surface area (Å²) in [5, 5.41) is 11.2. The molecule has 0 atom stereocenters.